The fourth-order valence-corrected chi connectivity index (χ4v) is 3.56. The Morgan fingerprint density at radius 2 is 2.04 bits per heavy atom. The lowest BCUT2D eigenvalue weighted by Gasteiger charge is -2.34. The molecular formula is C19H25N3O3. The number of benzene rings is 1. The van der Waals surface area contributed by atoms with Gasteiger partial charge in [-0.15, -0.1) is 0 Å². The van der Waals surface area contributed by atoms with Crippen LogP contribution in [0.5, 0.6) is 0 Å². The number of nitrogens with one attached hydrogen (secondary N) is 1. The Labute approximate surface area is 147 Å². The highest BCUT2D eigenvalue weighted by atomic mass is 16.4. The van der Waals surface area contributed by atoms with Crippen LogP contribution in [0.3, 0.4) is 0 Å². The summed E-state index contributed by atoms with van der Waals surface area (Å²) in [6.45, 7) is 4.10. The van der Waals surface area contributed by atoms with Gasteiger partial charge in [0.25, 0.3) is 0 Å². The highest BCUT2D eigenvalue weighted by molar-refractivity contribution is 5.85. The molecule has 6 heteroatoms. The first-order chi connectivity index (χ1) is 12.0. The lowest BCUT2D eigenvalue weighted by atomic mass is 9.80. The Morgan fingerprint density at radius 3 is 2.68 bits per heavy atom. The van der Waals surface area contributed by atoms with Gasteiger partial charge in [0, 0.05) is 12.5 Å². The van der Waals surface area contributed by atoms with E-state index in [1.54, 1.807) is 0 Å². The van der Waals surface area contributed by atoms with Crippen LogP contribution in [0.25, 0.3) is 11.0 Å². The van der Waals surface area contributed by atoms with Crippen molar-refractivity contribution in [3.8, 4) is 0 Å². The molecule has 1 aliphatic rings. The van der Waals surface area contributed by atoms with Crippen LogP contribution in [0, 0.1) is 5.92 Å². The molecule has 1 aliphatic carbocycles. The number of aryl methyl sites for hydroxylation is 1. The number of carbonyl (C=O) groups excluding carboxylic acids is 1. The van der Waals surface area contributed by atoms with E-state index in [4.69, 9.17) is 10.1 Å². The van der Waals surface area contributed by atoms with E-state index in [1.165, 1.54) is 0 Å². The maximum atomic E-state index is 12.8. The third kappa shape index (κ3) is 3.38. The van der Waals surface area contributed by atoms with Crippen LogP contribution in [0.1, 0.15) is 51.4 Å². The molecule has 1 heterocycles. The van der Waals surface area contributed by atoms with Crippen LogP contribution in [0.4, 0.5) is 0 Å². The fourth-order valence-electron chi connectivity index (χ4n) is 3.56. The van der Waals surface area contributed by atoms with E-state index in [0.29, 0.717) is 19.3 Å². The smallest absolute Gasteiger partial charge is 0.306 e. The number of aromatic nitrogens is 2. The molecule has 1 fully saturated rings. The lowest BCUT2D eigenvalue weighted by Crippen LogP contribution is -2.48. The monoisotopic (exact) mass is 343 g/mol. The van der Waals surface area contributed by atoms with Crippen molar-refractivity contribution in [2.75, 3.05) is 0 Å². The van der Waals surface area contributed by atoms with Gasteiger partial charge in [-0.25, -0.2) is 4.98 Å². The van der Waals surface area contributed by atoms with Crippen LogP contribution >= 0.6 is 0 Å². The third-order valence-electron chi connectivity index (χ3n) is 4.98. The molecule has 1 aromatic carbocycles. The van der Waals surface area contributed by atoms with E-state index in [2.05, 4.69) is 16.8 Å². The zero-order valence-electron chi connectivity index (χ0n) is 14.7. The number of hydrogen-bond acceptors (Lipinski definition) is 3. The first-order valence-electron chi connectivity index (χ1n) is 9.04. The molecular weight excluding hydrogens is 318 g/mol. The zero-order chi connectivity index (χ0) is 18.0. The number of hydrogen-bond donors (Lipinski definition) is 2. The summed E-state index contributed by atoms with van der Waals surface area (Å²) >= 11 is 0. The number of carbonyl (C=O) groups is 2. The number of aliphatic carboxylic acids is 1. The van der Waals surface area contributed by atoms with E-state index >= 15 is 0 Å². The van der Waals surface area contributed by atoms with Gasteiger partial charge >= 0.3 is 5.97 Å². The largest absolute Gasteiger partial charge is 0.481 e. The van der Waals surface area contributed by atoms with Crippen molar-refractivity contribution in [2.24, 2.45) is 5.92 Å². The van der Waals surface area contributed by atoms with Gasteiger partial charge in [0.05, 0.1) is 17.0 Å². The van der Waals surface area contributed by atoms with Crippen LogP contribution in [0.15, 0.2) is 24.3 Å². The van der Waals surface area contributed by atoms with Gasteiger partial charge < -0.3 is 15.0 Å². The highest BCUT2D eigenvalue weighted by Crippen LogP contribution is 2.29. The predicted octanol–water partition coefficient (Wildman–Crippen LogP) is 2.92. The minimum absolute atomic E-state index is 0.0351. The molecule has 6 nitrogen and oxygen atoms in total. The summed E-state index contributed by atoms with van der Waals surface area (Å²) in [6.07, 6.45) is 3.49. The molecule has 1 atom stereocenters. The summed E-state index contributed by atoms with van der Waals surface area (Å²) in [4.78, 5) is 28.5. The molecule has 0 saturated heterocycles. The minimum atomic E-state index is -0.775. The number of carboxylic acid groups (broad SMARTS) is 1. The third-order valence-corrected chi connectivity index (χ3v) is 4.98. The first kappa shape index (κ1) is 17.5. The zero-order valence-corrected chi connectivity index (χ0v) is 14.7. The number of carboxylic acids is 1. The SMILES string of the molecule is CCCc1nc2ccccc2n1[C@H](CC)C(=O)NC1CC(C(=O)O)C1. The molecule has 1 amide bonds. The molecule has 0 unspecified atom stereocenters. The van der Waals surface area contributed by atoms with Crippen LogP contribution < -0.4 is 5.32 Å². The molecule has 2 N–H and O–H groups in total. The molecule has 0 bridgehead atoms. The molecule has 0 aliphatic heterocycles. The van der Waals surface area contributed by atoms with Gasteiger partial charge in [-0.1, -0.05) is 26.0 Å². The molecule has 0 spiro atoms. The standard InChI is InChI=1S/C19H25N3O3/c1-3-7-17-21-14-8-5-6-9-16(14)22(17)15(4-2)18(23)20-13-10-12(11-13)19(24)25/h5-6,8-9,12-13,15H,3-4,7,10-11H2,1-2H3,(H,20,23)(H,24,25)/t12?,13?,15-/m1/s1. The van der Waals surface area contributed by atoms with Crippen molar-refractivity contribution in [2.45, 2.75) is 58.0 Å². The van der Waals surface area contributed by atoms with Gasteiger partial charge in [0.2, 0.25) is 5.91 Å². The Kier molecular flexibility index (Phi) is 5.06. The van der Waals surface area contributed by atoms with Crippen LogP contribution in [-0.2, 0) is 16.0 Å². The number of imidazole rings is 1. The Morgan fingerprint density at radius 1 is 1.32 bits per heavy atom. The fraction of sp³-hybridized carbons (Fsp3) is 0.526. The second-order valence-electron chi connectivity index (χ2n) is 6.77. The highest BCUT2D eigenvalue weighted by Gasteiger charge is 2.36. The summed E-state index contributed by atoms with van der Waals surface area (Å²) in [7, 11) is 0. The molecule has 1 saturated carbocycles. The number of fused-ring (bicyclic) bond motifs is 1. The minimum Gasteiger partial charge on any atom is -0.481 e. The number of amides is 1. The molecule has 134 valence electrons. The van der Waals surface area contributed by atoms with Crippen LogP contribution in [0.2, 0.25) is 0 Å². The van der Waals surface area contributed by atoms with E-state index < -0.39 is 5.97 Å². The van der Waals surface area contributed by atoms with E-state index in [0.717, 1.165) is 29.7 Å². The van der Waals surface area contributed by atoms with Gasteiger partial charge in [-0.3, -0.25) is 9.59 Å². The Bertz CT molecular complexity index is 777. The molecule has 2 aromatic rings. The van der Waals surface area contributed by atoms with E-state index in [1.807, 2.05) is 31.2 Å². The van der Waals surface area contributed by atoms with Crippen molar-refractivity contribution in [3.05, 3.63) is 30.1 Å². The van der Waals surface area contributed by atoms with Crippen molar-refractivity contribution in [3.63, 3.8) is 0 Å². The predicted molar refractivity (Wildman–Crippen MR) is 95.3 cm³/mol. The lowest BCUT2D eigenvalue weighted by molar-refractivity contribution is -0.146. The molecule has 3 rings (SSSR count). The first-order valence-corrected chi connectivity index (χ1v) is 9.04. The average Bonchev–Trinajstić information content (AvgIpc) is 2.90. The second kappa shape index (κ2) is 7.25. The number of rotatable bonds is 7. The molecule has 0 radical (unpaired) electrons. The van der Waals surface area contributed by atoms with Crippen molar-refractivity contribution in [1.82, 2.24) is 14.9 Å². The van der Waals surface area contributed by atoms with Crippen LogP contribution in [-0.4, -0.2) is 32.6 Å². The van der Waals surface area contributed by atoms with Gasteiger partial charge in [0.1, 0.15) is 11.9 Å². The summed E-state index contributed by atoms with van der Waals surface area (Å²) in [6, 6.07) is 7.53. The number of para-hydroxylation sites is 2. The quantitative estimate of drug-likeness (QED) is 0.809. The summed E-state index contributed by atoms with van der Waals surface area (Å²) < 4.78 is 2.06. The van der Waals surface area contributed by atoms with Crippen molar-refractivity contribution < 1.29 is 14.7 Å². The van der Waals surface area contributed by atoms with Gasteiger partial charge in [0.15, 0.2) is 0 Å². The summed E-state index contributed by atoms with van der Waals surface area (Å²) in [5, 5.41) is 12.0. The van der Waals surface area contributed by atoms with Crippen molar-refractivity contribution in [1.29, 1.82) is 0 Å². The summed E-state index contributed by atoms with van der Waals surface area (Å²) in [5.74, 6) is -0.210. The topological polar surface area (TPSA) is 84.2 Å². The normalized spacial score (nSPS) is 20.9. The summed E-state index contributed by atoms with van der Waals surface area (Å²) in [5.41, 5.74) is 1.89. The Balaban J connectivity index is 1.83. The Hall–Kier alpha value is -2.37. The second-order valence-corrected chi connectivity index (χ2v) is 6.77. The maximum absolute atomic E-state index is 12.8. The molecule has 25 heavy (non-hydrogen) atoms. The van der Waals surface area contributed by atoms with E-state index in [9.17, 15) is 9.59 Å². The van der Waals surface area contributed by atoms with Gasteiger partial charge in [-0.05, 0) is 37.8 Å². The van der Waals surface area contributed by atoms with Crippen molar-refractivity contribution >= 4 is 22.9 Å². The molecule has 1 aromatic heterocycles. The average molecular weight is 343 g/mol. The maximum Gasteiger partial charge on any atom is 0.306 e. The van der Waals surface area contributed by atoms with Gasteiger partial charge in [-0.2, -0.15) is 0 Å². The number of nitrogens with zero attached hydrogens (tertiary/aromatic N) is 2. The van der Waals surface area contributed by atoms with E-state index in [-0.39, 0.29) is 23.9 Å².